The first-order valence-corrected chi connectivity index (χ1v) is 8.06. The Morgan fingerprint density at radius 3 is 2.74 bits per heavy atom. The molecule has 1 unspecified atom stereocenters. The zero-order chi connectivity index (χ0) is 14.8. The molecule has 1 atom stereocenters. The van der Waals surface area contributed by atoms with Crippen LogP contribution in [0.25, 0.3) is 10.9 Å². The average Bonchev–Trinajstić information content (AvgIpc) is 2.53. The molecule has 2 heterocycles. The predicted octanol–water partition coefficient (Wildman–Crippen LogP) is 4.35. The fourth-order valence-electron chi connectivity index (χ4n) is 3.25. The van der Waals surface area contributed by atoms with Crippen molar-refractivity contribution in [2.24, 2.45) is 5.73 Å². The lowest BCUT2D eigenvalue weighted by Crippen LogP contribution is -2.43. The van der Waals surface area contributed by atoms with Crippen molar-refractivity contribution < 1.29 is 0 Å². The lowest BCUT2D eigenvalue weighted by Gasteiger charge is -2.35. The van der Waals surface area contributed by atoms with Crippen LogP contribution in [-0.4, -0.2) is 29.0 Å². The lowest BCUT2D eigenvalue weighted by atomic mass is 10.0. The number of piperidine rings is 1. The Labute approximate surface area is 155 Å². The number of halogens is 3. The topological polar surface area (TPSA) is 42.1 Å². The molecule has 0 spiro atoms. The zero-order valence-corrected chi connectivity index (χ0v) is 15.7. The van der Waals surface area contributed by atoms with Crippen LogP contribution in [0.1, 0.15) is 30.5 Å². The van der Waals surface area contributed by atoms with Gasteiger partial charge in [-0.25, -0.2) is 4.98 Å². The molecule has 1 saturated heterocycles. The largest absolute Gasteiger partial charge is 0.329 e. The van der Waals surface area contributed by atoms with E-state index in [0.717, 1.165) is 40.3 Å². The number of hydrogen-bond donors (Lipinski definition) is 1. The van der Waals surface area contributed by atoms with E-state index in [4.69, 9.17) is 22.3 Å². The first-order valence-electron chi connectivity index (χ1n) is 7.68. The van der Waals surface area contributed by atoms with Crippen molar-refractivity contribution in [3.8, 4) is 0 Å². The minimum absolute atomic E-state index is 0. The summed E-state index contributed by atoms with van der Waals surface area (Å²) in [5.74, 6) is 0. The second-order valence-electron chi connectivity index (χ2n) is 5.87. The van der Waals surface area contributed by atoms with Crippen molar-refractivity contribution in [1.82, 2.24) is 9.88 Å². The number of rotatable bonds is 3. The first-order chi connectivity index (χ1) is 10.2. The van der Waals surface area contributed by atoms with Gasteiger partial charge in [0.25, 0.3) is 0 Å². The molecular weight excluding hydrogens is 353 g/mol. The quantitative estimate of drug-likeness (QED) is 0.865. The molecular formula is C17H24Cl3N3. The lowest BCUT2D eigenvalue weighted by molar-refractivity contribution is 0.143. The van der Waals surface area contributed by atoms with Crippen LogP contribution < -0.4 is 5.73 Å². The monoisotopic (exact) mass is 375 g/mol. The van der Waals surface area contributed by atoms with E-state index in [1.165, 1.54) is 19.3 Å². The summed E-state index contributed by atoms with van der Waals surface area (Å²) in [6, 6.07) is 8.65. The summed E-state index contributed by atoms with van der Waals surface area (Å²) in [5, 5.41) is 1.94. The Bertz CT molecular complexity index is 648. The zero-order valence-electron chi connectivity index (χ0n) is 13.3. The van der Waals surface area contributed by atoms with Crippen molar-refractivity contribution in [2.75, 3.05) is 13.1 Å². The minimum Gasteiger partial charge on any atom is -0.329 e. The van der Waals surface area contributed by atoms with Gasteiger partial charge in [0.05, 0.1) is 16.2 Å². The fraction of sp³-hybridized carbons (Fsp3) is 0.471. The maximum atomic E-state index is 6.56. The van der Waals surface area contributed by atoms with Gasteiger partial charge in [-0.1, -0.05) is 36.2 Å². The molecule has 23 heavy (non-hydrogen) atoms. The third kappa shape index (κ3) is 4.28. The summed E-state index contributed by atoms with van der Waals surface area (Å²) < 4.78 is 0. The molecule has 1 fully saturated rings. The van der Waals surface area contributed by atoms with Crippen LogP contribution in [0.2, 0.25) is 5.02 Å². The second kappa shape index (κ2) is 9.05. The van der Waals surface area contributed by atoms with Crippen LogP contribution in [0.5, 0.6) is 0 Å². The van der Waals surface area contributed by atoms with E-state index >= 15 is 0 Å². The number of nitrogens with zero attached hydrogens (tertiary/aromatic N) is 2. The molecule has 1 aromatic carbocycles. The summed E-state index contributed by atoms with van der Waals surface area (Å²) >= 11 is 6.56. The van der Waals surface area contributed by atoms with Gasteiger partial charge < -0.3 is 5.73 Å². The van der Waals surface area contributed by atoms with Crippen LogP contribution in [-0.2, 0) is 6.54 Å². The highest BCUT2D eigenvalue weighted by Gasteiger charge is 2.23. The molecule has 0 radical (unpaired) electrons. The summed E-state index contributed by atoms with van der Waals surface area (Å²) in [6.07, 6.45) is 3.69. The van der Waals surface area contributed by atoms with Crippen molar-refractivity contribution in [1.29, 1.82) is 0 Å². The molecule has 2 N–H and O–H groups in total. The van der Waals surface area contributed by atoms with E-state index in [1.807, 2.05) is 12.1 Å². The van der Waals surface area contributed by atoms with E-state index in [1.54, 1.807) is 0 Å². The van der Waals surface area contributed by atoms with Crippen molar-refractivity contribution in [3.05, 3.63) is 40.5 Å². The molecule has 0 saturated carbocycles. The molecule has 3 nitrogen and oxygen atoms in total. The predicted molar refractivity (Wildman–Crippen MR) is 103 cm³/mol. The Morgan fingerprint density at radius 2 is 2.00 bits per heavy atom. The maximum absolute atomic E-state index is 6.56. The van der Waals surface area contributed by atoms with Crippen LogP contribution >= 0.6 is 36.4 Å². The fourth-order valence-corrected chi connectivity index (χ4v) is 3.45. The van der Waals surface area contributed by atoms with E-state index < -0.39 is 0 Å². The summed E-state index contributed by atoms with van der Waals surface area (Å²) in [4.78, 5) is 7.22. The maximum Gasteiger partial charge on any atom is 0.0740 e. The number of nitrogens with two attached hydrogens (primary N) is 1. The Balaban J connectivity index is 0.00000132. The number of benzene rings is 1. The molecule has 0 bridgehead atoms. The number of likely N-dealkylation sites (tertiary alicyclic amines) is 1. The van der Waals surface area contributed by atoms with E-state index in [-0.39, 0.29) is 24.8 Å². The highest BCUT2D eigenvalue weighted by atomic mass is 35.5. The van der Waals surface area contributed by atoms with E-state index in [0.29, 0.717) is 12.6 Å². The molecule has 1 aliphatic heterocycles. The van der Waals surface area contributed by atoms with Crippen molar-refractivity contribution in [2.45, 2.75) is 38.8 Å². The SMILES string of the molecule is Cc1c(Cl)c(CN2CCCCC2CN)nc2ccccc12.Cl.Cl. The van der Waals surface area contributed by atoms with Crippen LogP contribution in [0.15, 0.2) is 24.3 Å². The number of aryl methyl sites for hydroxylation is 1. The highest BCUT2D eigenvalue weighted by molar-refractivity contribution is 6.32. The normalized spacial score (nSPS) is 18.3. The van der Waals surface area contributed by atoms with Crippen LogP contribution in [0.3, 0.4) is 0 Å². The summed E-state index contributed by atoms with van der Waals surface area (Å²) in [6.45, 7) is 4.68. The molecule has 0 aliphatic carbocycles. The van der Waals surface area contributed by atoms with Gasteiger partial charge in [-0.3, -0.25) is 4.90 Å². The number of fused-ring (bicyclic) bond motifs is 1. The number of aromatic nitrogens is 1. The summed E-state index contributed by atoms with van der Waals surface area (Å²) in [5.41, 5.74) is 9.04. The van der Waals surface area contributed by atoms with Gasteiger partial charge in [-0.15, -0.1) is 24.8 Å². The minimum atomic E-state index is 0. The van der Waals surface area contributed by atoms with Crippen LogP contribution in [0.4, 0.5) is 0 Å². The Morgan fingerprint density at radius 1 is 1.26 bits per heavy atom. The van der Waals surface area contributed by atoms with Gasteiger partial charge in [0.2, 0.25) is 0 Å². The standard InChI is InChI=1S/C17H22ClN3.2ClH/c1-12-14-7-2-3-8-15(14)20-16(17(12)18)11-21-9-5-4-6-13(21)10-19;;/h2-3,7-8,13H,4-6,9-11,19H2,1H3;2*1H. The molecule has 128 valence electrons. The number of hydrogen-bond acceptors (Lipinski definition) is 3. The molecule has 2 aromatic rings. The average molecular weight is 377 g/mol. The van der Waals surface area contributed by atoms with Gasteiger partial charge in [0.15, 0.2) is 0 Å². The van der Waals surface area contributed by atoms with Gasteiger partial charge >= 0.3 is 0 Å². The van der Waals surface area contributed by atoms with E-state index in [9.17, 15) is 0 Å². The van der Waals surface area contributed by atoms with Crippen molar-refractivity contribution >= 4 is 47.3 Å². The second-order valence-corrected chi connectivity index (χ2v) is 6.25. The molecule has 6 heteroatoms. The third-order valence-corrected chi connectivity index (χ3v) is 5.02. The van der Waals surface area contributed by atoms with Gasteiger partial charge in [-0.2, -0.15) is 0 Å². The smallest absolute Gasteiger partial charge is 0.0740 e. The van der Waals surface area contributed by atoms with Gasteiger partial charge in [0.1, 0.15) is 0 Å². The van der Waals surface area contributed by atoms with Crippen LogP contribution in [0, 0.1) is 6.92 Å². The van der Waals surface area contributed by atoms with Gasteiger partial charge in [-0.05, 0) is 37.9 Å². The van der Waals surface area contributed by atoms with E-state index in [2.05, 4.69) is 24.0 Å². The summed E-state index contributed by atoms with van der Waals surface area (Å²) in [7, 11) is 0. The molecule has 3 rings (SSSR count). The molecule has 1 aromatic heterocycles. The number of para-hydroxylation sites is 1. The van der Waals surface area contributed by atoms with Crippen molar-refractivity contribution in [3.63, 3.8) is 0 Å². The highest BCUT2D eigenvalue weighted by Crippen LogP contribution is 2.29. The number of pyridine rings is 1. The Hall–Kier alpha value is -0.580. The molecule has 1 aliphatic rings. The molecule has 0 amide bonds. The van der Waals surface area contributed by atoms with Gasteiger partial charge in [0, 0.05) is 24.5 Å². The third-order valence-electron chi connectivity index (χ3n) is 4.52. The Kier molecular flexibility index (Phi) is 8.05. The first kappa shape index (κ1) is 20.5.